The number of hydrogen-bond donors (Lipinski definition) is 0. The second kappa shape index (κ2) is 9.20. The number of hydrogen-bond acceptors (Lipinski definition) is 3. The molecule has 4 nitrogen and oxygen atoms in total. The Hall–Kier alpha value is -2.11. The quantitative estimate of drug-likeness (QED) is 0.752. The van der Waals surface area contributed by atoms with Crippen LogP contribution in [0.2, 0.25) is 5.02 Å². The minimum atomic E-state index is -0.245. The van der Waals surface area contributed by atoms with Gasteiger partial charge < -0.3 is 9.64 Å². The average molecular weight is 391 g/mol. The summed E-state index contributed by atoms with van der Waals surface area (Å²) in [6.07, 6.45) is 0.772. The second-order valence-electron chi connectivity index (χ2n) is 6.70. The Labute approximate surface area is 164 Å². The fourth-order valence-electron chi connectivity index (χ4n) is 3.37. The molecule has 144 valence electrons. The molecule has 1 fully saturated rings. The maximum atomic E-state index is 13.7. The van der Waals surface area contributed by atoms with Crippen molar-refractivity contribution in [2.24, 2.45) is 0 Å². The Morgan fingerprint density at radius 1 is 1.11 bits per heavy atom. The molecule has 0 radical (unpaired) electrons. The molecule has 0 bridgehead atoms. The van der Waals surface area contributed by atoms with Crippen molar-refractivity contribution in [1.82, 2.24) is 9.80 Å². The monoisotopic (exact) mass is 390 g/mol. The van der Waals surface area contributed by atoms with Crippen molar-refractivity contribution in [3.05, 3.63) is 64.4 Å². The third-order valence-corrected chi connectivity index (χ3v) is 5.16. The molecule has 3 rings (SSSR count). The highest BCUT2D eigenvalue weighted by Gasteiger charge is 2.22. The topological polar surface area (TPSA) is 32.8 Å². The Morgan fingerprint density at radius 2 is 1.85 bits per heavy atom. The van der Waals surface area contributed by atoms with Crippen LogP contribution in [0.25, 0.3) is 0 Å². The van der Waals surface area contributed by atoms with Crippen LogP contribution in [-0.2, 0) is 17.8 Å². The second-order valence-corrected chi connectivity index (χ2v) is 7.14. The largest absolute Gasteiger partial charge is 0.496 e. The van der Waals surface area contributed by atoms with Gasteiger partial charge in [-0.25, -0.2) is 4.39 Å². The summed E-state index contributed by atoms with van der Waals surface area (Å²) in [5.41, 5.74) is 1.64. The summed E-state index contributed by atoms with van der Waals surface area (Å²) in [4.78, 5) is 16.6. The van der Waals surface area contributed by atoms with Crippen molar-refractivity contribution >= 4 is 17.5 Å². The normalized spacial score (nSPS) is 15.0. The predicted octanol–water partition coefficient (Wildman–Crippen LogP) is 3.76. The van der Waals surface area contributed by atoms with Crippen LogP contribution in [-0.4, -0.2) is 49.0 Å². The van der Waals surface area contributed by atoms with Gasteiger partial charge in [0, 0.05) is 49.7 Å². The molecule has 1 aliphatic rings. The molecule has 0 saturated carbocycles. The van der Waals surface area contributed by atoms with E-state index in [0.29, 0.717) is 36.5 Å². The van der Waals surface area contributed by atoms with E-state index in [2.05, 4.69) is 4.90 Å². The van der Waals surface area contributed by atoms with E-state index in [9.17, 15) is 9.18 Å². The van der Waals surface area contributed by atoms with E-state index in [1.165, 1.54) is 6.07 Å². The number of carbonyl (C=O) groups excluding carboxylic acids is 1. The highest BCUT2D eigenvalue weighted by Crippen LogP contribution is 2.24. The molecule has 2 aromatic rings. The molecule has 0 N–H and O–H groups in total. The van der Waals surface area contributed by atoms with Crippen molar-refractivity contribution in [2.45, 2.75) is 19.4 Å². The van der Waals surface area contributed by atoms with Gasteiger partial charge >= 0.3 is 0 Å². The Balaban J connectivity index is 1.49. The molecule has 0 spiro atoms. The van der Waals surface area contributed by atoms with E-state index >= 15 is 0 Å². The van der Waals surface area contributed by atoms with Crippen molar-refractivity contribution in [2.75, 3.05) is 33.3 Å². The lowest BCUT2D eigenvalue weighted by molar-refractivity contribution is -0.133. The maximum Gasteiger partial charge on any atom is 0.222 e. The Bertz CT molecular complexity index is 792. The minimum absolute atomic E-state index is 0.0817. The number of amides is 1. The minimum Gasteiger partial charge on any atom is -0.496 e. The van der Waals surface area contributed by atoms with Crippen LogP contribution in [0.3, 0.4) is 0 Å². The number of piperazine rings is 1. The Morgan fingerprint density at radius 3 is 2.56 bits per heavy atom. The summed E-state index contributed by atoms with van der Waals surface area (Å²) in [7, 11) is 1.65. The fourth-order valence-corrected chi connectivity index (χ4v) is 3.56. The predicted molar refractivity (Wildman–Crippen MR) is 105 cm³/mol. The third kappa shape index (κ3) is 5.21. The van der Waals surface area contributed by atoms with E-state index < -0.39 is 0 Å². The molecular formula is C21H24ClFN2O2. The first-order valence-corrected chi connectivity index (χ1v) is 9.50. The van der Waals surface area contributed by atoms with Crippen LogP contribution >= 0.6 is 11.6 Å². The summed E-state index contributed by atoms with van der Waals surface area (Å²) in [6.45, 7) is 3.68. The first kappa shape index (κ1) is 19.6. The van der Waals surface area contributed by atoms with E-state index in [1.807, 2.05) is 23.1 Å². The van der Waals surface area contributed by atoms with Gasteiger partial charge in [-0.1, -0.05) is 29.8 Å². The summed E-state index contributed by atoms with van der Waals surface area (Å²) < 4.78 is 19.1. The fraction of sp³-hybridized carbons (Fsp3) is 0.381. The van der Waals surface area contributed by atoms with E-state index in [0.717, 1.165) is 30.9 Å². The number of methoxy groups -OCH3 is 1. The lowest BCUT2D eigenvalue weighted by atomic mass is 10.1. The molecule has 6 heteroatoms. The van der Waals surface area contributed by atoms with Crippen molar-refractivity contribution < 1.29 is 13.9 Å². The van der Waals surface area contributed by atoms with Gasteiger partial charge in [-0.2, -0.15) is 0 Å². The molecule has 0 atom stereocenters. The summed E-state index contributed by atoms with van der Waals surface area (Å²) in [6, 6.07) is 12.2. The van der Waals surface area contributed by atoms with E-state index in [-0.39, 0.29) is 11.7 Å². The first-order chi connectivity index (χ1) is 13.1. The summed E-state index contributed by atoms with van der Waals surface area (Å²) in [5.74, 6) is 0.659. The molecule has 1 heterocycles. The summed E-state index contributed by atoms with van der Waals surface area (Å²) >= 11 is 6.10. The van der Waals surface area contributed by atoms with Gasteiger partial charge in [0.05, 0.1) is 7.11 Å². The number of rotatable bonds is 6. The van der Waals surface area contributed by atoms with Crippen LogP contribution in [0.1, 0.15) is 17.5 Å². The number of benzene rings is 2. The Kier molecular flexibility index (Phi) is 6.69. The van der Waals surface area contributed by atoms with Crippen molar-refractivity contribution in [1.29, 1.82) is 0 Å². The number of nitrogens with zero attached hydrogens (tertiary/aromatic N) is 2. The standard InChI is InChI=1S/C21H24ClFN2O2/c1-27-20-8-7-18(22)14-17(20)15-24-10-12-25(13-11-24)21(26)9-6-16-4-2-3-5-19(16)23/h2-5,7-8,14H,6,9-13,15H2,1H3. The zero-order chi connectivity index (χ0) is 19.2. The maximum absolute atomic E-state index is 13.7. The highest BCUT2D eigenvalue weighted by atomic mass is 35.5. The summed E-state index contributed by atoms with van der Waals surface area (Å²) in [5, 5.41) is 0.688. The van der Waals surface area contributed by atoms with Crippen LogP contribution < -0.4 is 4.74 Å². The molecule has 1 amide bonds. The van der Waals surface area contributed by atoms with Crippen molar-refractivity contribution in [3.8, 4) is 5.75 Å². The molecule has 1 saturated heterocycles. The molecule has 0 aliphatic carbocycles. The van der Waals surface area contributed by atoms with E-state index in [4.69, 9.17) is 16.3 Å². The molecule has 0 unspecified atom stereocenters. The number of aryl methyl sites for hydroxylation is 1. The van der Waals surface area contributed by atoms with Gasteiger partial charge in [0.2, 0.25) is 5.91 Å². The van der Waals surface area contributed by atoms with Crippen LogP contribution in [0.4, 0.5) is 4.39 Å². The average Bonchev–Trinajstić information content (AvgIpc) is 2.68. The van der Waals surface area contributed by atoms with Gasteiger partial charge in [0.1, 0.15) is 11.6 Å². The van der Waals surface area contributed by atoms with Crippen LogP contribution in [0.15, 0.2) is 42.5 Å². The number of halogens is 2. The SMILES string of the molecule is COc1ccc(Cl)cc1CN1CCN(C(=O)CCc2ccccc2F)CC1. The van der Waals surface area contributed by atoms with Gasteiger partial charge in [0.25, 0.3) is 0 Å². The highest BCUT2D eigenvalue weighted by molar-refractivity contribution is 6.30. The zero-order valence-electron chi connectivity index (χ0n) is 15.5. The van der Waals surface area contributed by atoms with Crippen LogP contribution in [0.5, 0.6) is 5.75 Å². The third-order valence-electron chi connectivity index (χ3n) is 4.93. The molecule has 2 aromatic carbocycles. The molecule has 27 heavy (non-hydrogen) atoms. The number of carbonyl (C=O) groups is 1. The van der Waals surface area contributed by atoms with Crippen molar-refractivity contribution in [3.63, 3.8) is 0 Å². The van der Waals surface area contributed by atoms with Gasteiger partial charge in [-0.3, -0.25) is 9.69 Å². The molecular weight excluding hydrogens is 367 g/mol. The zero-order valence-corrected chi connectivity index (χ0v) is 16.2. The van der Waals surface area contributed by atoms with Crippen LogP contribution in [0, 0.1) is 5.82 Å². The lowest BCUT2D eigenvalue weighted by Gasteiger charge is -2.35. The lowest BCUT2D eigenvalue weighted by Crippen LogP contribution is -2.48. The number of ether oxygens (including phenoxy) is 1. The first-order valence-electron chi connectivity index (χ1n) is 9.13. The van der Waals surface area contributed by atoms with Gasteiger partial charge in [0.15, 0.2) is 0 Å². The van der Waals surface area contributed by atoms with Gasteiger partial charge in [-0.15, -0.1) is 0 Å². The smallest absolute Gasteiger partial charge is 0.222 e. The molecule has 1 aliphatic heterocycles. The van der Waals surface area contributed by atoms with Gasteiger partial charge in [-0.05, 0) is 36.2 Å². The molecule has 0 aromatic heterocycles. The van der Waals surface area contributed by atoms with E-state index in [1.54, 1.807) is 25.3 Å².